The zero-order valence-corrected chi connectivity index (χ0v) is 15.3. The summed E-state index contributed by atoms with van der Waals surface area (Å²) in [6.07, 6.45) is 2.66. The van der Waals surface area contributed by atoms with E-state index in [1.165, 1.54) is 5.56 Å². The molecule has 6 heteroatoms. The van der Waals surface area contributed by atoms with E-state index in [1.54, 1.807) is 7.11 Å². The molecule has 0 aromatic heterocycles. The first-order valence-corrected chi connectivity index (χ1v) is 9.63. The summed E-state index contributed by atoms with van der Waals surface area (Å²) in [6, 6.07) is 4.23. The number of likely N-dealkylation sites (tertiary alicyclic amines) is 1. The highest BCUT2D eigenvalue weighted by Crippen LogP contribution is 2.67. The minimum absolute atomic E-state index is 0.0907. The predicted octanol–water partition coefficient (Wildman–Crippen LogP) is 1.22. The summed E-state index contributed by atoms with van der Waals surface area (Å²) in [5, 5.41) is 12.1. The van der Waals surface area contributed by atoms with Gasteiger partial charge in [-0.25, -0.2) is 0 Å². The molecule has 0 amide bonds. The maximum Gasteiger partial charge on any atom is 0.207 e. The van der Waals surface area contributed by atoms with Gasteiger partial charge in [0.15, 0.2) is 17.6 Å². The summed E-state index contributed by atoms with van der Waals surface area (Å²) < 4.78 is 24.5. The van der Waals surface area contributed by atoms with Crippen molar-refractivity contribution in [1.82, 2.24) is 4.90 Å². The zero-order chi connectivity index (χ0) is 17.7. The third-order valence-corrected chi connectivity index (χ3v) is 7.72. The van der Waals surface area contributed by atoms with Gasteiger partial charge in [0.2, 0.25) is 5.79 Å². The normalized spacial score (nSPS) is 41.8. The molecule has 1 saturated carbocycles. The number of rotatable bonds is 1. The molecule has 1 aromatic rings. The number of likely N-dealkylation sites (N-methyl/N-ethyl adjacent to an activating group) is 1. The highest BCUT2D eigenvalue weighted by molar-refractivity contribution is 5.63. The molecule has 2 bridgehead atoms. The maximum absolute atomic E-state index is 12.1. The molecule has 0 radical (unpaired) electrons. The number of piperidine rings is 1. The number of nitrogens with zero attached hydrogens (tertiary/aromatic N) is 1. The molecule has 2 unspecified atom stereocenters. The third kappa shape index (κ3) is 1.48. The lowest BCUT2D eigenvalue weighted by Crippen LogP contribution is -2.79. The summed E-state index contributed by atoms with van der Waals surface area (Å²) in [6.45, 7) is 2.09. The van der Waals surface area contributed by atoms with Crippen LogP contribution in [0.2, 0.25) is 0 Å². The van der Waals surface area contributed by atoms with Gasteiger partial charge in [-0.2, -0.15) is 0 Å². The van der Waals surface area contributed by atoms with Crippen molar-refractivity contribution >= 4 is 0 Å². The summed E-state index contributed by atoms with van der Waals surface area (Å²) in [4.78, 5) is 2.32. The Kier molecular flexibility index (Phi) is 2.86. The predicted molar refractivity (Wildman–Crippen MR) is 92.6 cm³/mol. The lowest BCUT2D eigenvalue weighted by Gasteiger charge is -2.64. The first-order valence-electron chi connectivity index (χ1n) is 9.63. The lowest BCUT2D eigenvalue weighted by atomic mass is 9.48. The van der Waals surface area contributed by atoms with E-state index in [9.17, 15) is 5.11 Å². The number of aliphatic hydroxyl groups is 1. The van der Waals surface area contributed by atoms with Gasteiger partial charge >= 0.3 is 0 Å². The van der Waals surface area contributed by atoms with Crippen LogP contribution in [0.5, 0.6) is 11.5 Å². The van der Waals surface area contributed by atoms with Gasteiger partial charge in [-0.1, -0.05) is 6.07 Å². The van der Waals surface area contributed by atoms with Crippen LogP contribution < -0.4 is 9.47 Å². The van der Waals surface area contributed by atoms with E-state index in [4.69, 9.17) is 18.9 Å². The van der Waals surface area contributed by atoms with Crippen molar-refractivity contribution in [3.05, 3.63) is 23.3 Å². The lowest BCUT2D eigenvalue weighted by molar-refractivity contribution is -0.295. The van der Waals surface area contributed by atoms with Crippen LogP contribution in [-0.2, 0) is 21.3 Å². The minimum Gasteiger partial charge on any atom is -0.493 e. The fraction of sp³-hybridized carbons (Fsp3) is 0.700. The van der Waals surface area contributed by atoms with E-state index in [-0.39, 0.29) is 12.1 Å². The average molecular weight is 359 g/mol. The van der Waals surface area contributed by atoms with Gasteiger partial charge in [-0.05, 0) is 44.5 Å². The molecule has 2 aliphatic carbocycles. The van der Waals surface area contributed by atoms with E-state index in [2.05, 4.69) is 18.0 Å². The number of benzene rings is 1. The number of methoxy groups -OCH3 is 1. The van der Waals surface area contributed by atoms with Crippen molar-refractivity contribution in [2.24, 2.45) is 0 Å². The maximum atomic E-state index is 12.1. The molecule has 3 heterocycles. The Morgan fingerprint density at radius 3 is 2.77 bits per heavy atom. The van der Waals surface area contributed by atoms with Crippen LogP contribution in [0.1, 0.15) is 30.4 Å². The van der Waals surface area contributed by atoms with Crippen molar-refractivity contribution in [2.45, 2.75) is 54.6 Å². The van der Waals surface area contributed by atoms with Gasteiger partial charge in [0.25, 0.3) is 0 Å². The Hall–Kier alpha value is -1.34. The summed E-state index contributed by atoms with van der Waals surface area (Å²) in [5.41, 5.74) is 1.08. The second-order valence-corrected chi connectivity index (χ2v) is 8.48. The standard InChI is InChI=1S/C20H25NO5/c1-21-8-7-18-15-12-3-4-13(23-2)16(15)26-17(18)20(24-9-10-25-20)6-5-19(18,22)14(21)11-12/h3-4,14,17,22H,5-11H2,1-2H3/t14-,17?,18+,19?/m1/s1. The van der Waals surface area contributed by atoms with Gasteiger partial charge in [-0.3, -0.25) is 0 Å². The Bertz CT molecular complexity index is 791. The molecule has 3 fully saturated rings. The molecule has 5 aliphatic rings. The van der Waals surface area contributed by atoms with Crippen LogP contribution in [0.4, 0.5) is 0 Å². The number of fused-ring (bicyclic) bond motifs is 1. The quantitative estimate of drug-likeness (QED) is 0.814. The second-order valence-electron chi connectivity index (χ2n) is 8.48. The van der Waals surface area contributed by atoms with Crippen molar-refractivity contribution in [2.75, 3.05) is 33.9 Å². The molecule has 3 aliphatic heterocycles. The number of hydrogen-bond donors (Lipinski definition) is 1. The first kappa shape index (κ1) is 15.7. The van der Waals surface area contributed by atoms with E-state index in [0.29, 0.717) is 26.1 Å². The van der Waals surface area contributed by atoms with E-state index < -0.39 is 16.8 Å². The number of hydrogen-bond acceptors (Lipinski definition) is 6. The Morgan fingerprint density at radius 2 is 2.00 bits per heavy atom. The zero-order valence-electron chi connectivity index (χ0n) is 15.3. The summed E-state index contributed by atoms with van der Waals surface area (Å²) >= 11 is 0. The Morgan fingerprint density at radius 1 is 1.19 bits per heavy atom. The monoisotopic (exact) mass is 359 g/mol. The molecule has 1 aromatic carbocycles. The molecule has 140 valence electrons. The van der Waals surface area contributed by atoms with Crippen LogP contribution in [0.15, 0.2) is 12.1 Å². The largest absolute Gasteiger partial charge is 0.493 e. The van der Waals surface area contributed by atoms with Crippen molar-refractivity contribution in [3.8, 4) is 11.5 Å². The van der Waals surface area contributed by atoms with Crippen LogP contribution in [0, 0.1) is 0 Å². The first-order chi connectivity index (χ1) is 12.6. The highest BCUT2D eigenvalue weighted by Gasteiger charge is 2.77. The molecule has 2 spiro atoms. The van der Waals surface area contributed by atoms with Gasteiger partial charge in [0, 0.05) is 18.0 Å². The van der Waals surface area contributed by atoms with E-state index >= 15 is 0 Å². The molecular weight excluding hydrogens is 334 g/mol. The SMILES string of the molecule is COc1ccc2c3c1OC1C4(CCC5(O)[C@@H](C2)N(C)CC[C@]315)OCCO4. The van der Waals surface area contributed by atoms with Gasteiger partial charge < -0.3 is 29.0 Å². The van der Waals surface area contributed by atoms with Crippen LogP contribution in [-0.4, -0.2) is 67.5 Å². The molecule has 1 N–H and O–H groups in total. The summed E-state index contributed by atoms with van der Waals surface area (Å²) in [7, 11) is 3.80. The molecule has 6 rings (SSSR count). The smallest absolute Gasteiger partial charge is 0.207 e. The van der Waals surface area contributed by atoms with Crippen molar-refractivity contribution < 1.29 is 24.1 Å². The van der Waals surface area contributed by atoms with Gasteiger partial charge in [0.1, 0.15) is 0 Å². The second kappa shape index (κ2) is 4.73. The fourth-order valence-electron chi connectivity index (χ4n) is 6.63. The van der Waals surface area contributed by atoms with E-state index in [0.717, 1.165) is 36.4 Å². The molecule has 26 heavy (non-hydrogen) atoms. The molecule has 6 nitrogen and oxygen atoms in total. The average Bonchev–Trinajstić information content (AvgIpc) is 3.24. The fourth-order valence-corrected chi connectivity index (χ4v) is 6.63. The molecular formula is C20H25NO5. The highest BCUT2D eigenvalue weighted by atomic mass is 16.8. The molecule has 2 saturated heterocycles. The Balaban J connectivity index is 1.66. The minimum atomic E-state index is -0.837. The van der Waals surface area contributed by atoms with Crippen molar-refractivity contribution in [1.29, 1.82) is 0 Å². The van der Waals surface area contributed by atoms with Gasteiger partial charge in [0.05, 0.1) is 31.3 Å². The van der Waals surface area contributed by atoms with E-state index in [1.807, 2.05) is 6.07 Å². The topological polar surface area (TPSA) is 60.4 Å². The van der Waals surface area contributed by atoms with Crippen LogP contribution >= 0.6 is 0 Å². The summed E-state index contributed by atoms with van der Waals surface area (Å²) in [5.74, 6) is 0.767. The van der Waals surface area contributed by atoms with Crippen LogP contribution in [0.25, 0.3) is 0 Å². The van der Waals surface area contributed by atoms with Crippen LogP contribution in [0.3, 0.4) is 0 Å². The number of ether oxygens (including phenoxy) is 4. The molecule has 4 atom stereocenters. The van der Waals surface area contributed by atoms with Crippen molar-refractivity contribution in [3.63, 3.8) is 0 Å². The van der Waals surface area contributed by atoms with Gasteiger partial charge in [-0.15, -0.1) is 0 Å². The third-order valence-electron chi connectivity index (χ3n) is 7.72. The Labute approximate surface area is 153 Å².